The molecule has 18 heavy (non-hydrogen) atoms. The molecule has 0 spiro atoms. The lowest BCUT2D eigenvalue weighted by Crippen LogP contribution is -2.50. The maximum atomic E-state index is 12.4. The van der Waals surface area contributed by atoms with Crippen LogP contribution in [-0.4, -0.2) is 36.2 Å². The summed E-state index contributed by atoms with van der Waals surface area (Å²) in [5, 5.41) is 0. The number of nitrogens with zero attached hydrogens (tertiary/aromatic N) is 2. The fraction of sp³-hybridized carbons (Fsp3) is 0.455. The van der Waals surface area contributed by atoms with E-state index in [1.54, 1.807) is 6.07 Å². The van der Waals surface area contributed by atoms with Gasteiger partial charge < -0.3 is 5.73 Å². The first-order chi connectivity index (χ1) is 8.53. The normalized spacial score (nSPS) is 21.7. The summed E-state index contributed by atoms with van der Waals surface area (Å²) in [6.45, 7) is 0.324. The zero-order valence-corrected chi connectivity index (χ0v) is 10.6. The Bertz CT molecular complexity index is 530. The SMILES string of the molecule is NC(=O)C1CCCCN1S(=O)(=O)c1cccnc1. The minimum Gasteiger partial charge on any atom is -0.368 e. The van der Waals surface area contributed by atoms with Crippen molar-refractivity contribution in [1.29, 1.82) is 0 Å². The van der Waals surface area contributed by atoms with E-state index in [4.69, 9.17) is 5.73 Å². The van der Waals surface area contributed by atoms with Crippen molar-refractivity contribution in [1.82, 2.24) is 9.29 Å². The minimum atomic E-state index is -3.69. The summed E-state index contributed by atoms with van der Waals surface area (Å²) >= 11 is 0. The standard InChI is InChI=1S/C11H15N3O3S/c12-11(15)10-5-1-2-7-14(10)18(16,17)9-4-3-6-13-8-9/h3-4,6,8,10H,1-2,5,7H2,(H2,12,15). The molecule has 0 saturated carbocycles. The predicted octanol–water partition coefficient (Wildman–Crippen LogP) is 0.110. The number of nitrogens with two attached hydrogens (primary N) is 1. The first-order valence-electron chi connectivity index (χ1n) is 5.74. The molecular weight excluding hydrogens is 254 g/mol. The molecule has 2 N–H and O–H groups in total. The van der Waals surface area contributed by atoms with Gasteiger partial charge in [-0.25, -0.2) is 8.42 Å². The van der Waals surface area contributed by atoms with E-state index in [0.717, 1.165) is 12.8 Å². The van der Waals surface area contributed by atoms with E-state index in [0.29, 0.717) is 13.0 Å². The number of aromatic nitrogens is 1. The highest BCUT2D eigenvalue weighted by Gasteiger charge is 2.36. The van der Waals surface area contributed by atoms with Crippen molar-refractivity contribution >= 4 is 15.9 Å². The summed E-state index contributed by atoms with van der Waals surface area (Å²) in [5.41, 5.74) is 5.27. The lowest BCUT2D eigenvalue weighted by Gasteiger charge is -2.32. The quantitative estimate of drug-likeness (QED) is 0.842. The average Bonchev–Trinajstić information content (AvgIpc) is 2.39. The Morgan fingerprint density at radius 3 is 2.83 bits per heavy atom. The number of hydrogen-bond donors (Lipinski definition) is 1. The summed E-state index contributed by atoms with van der Waals surface area (Å²) in [5.74, 6) is -0.595. The predicted molar refractivity (Wildman–Crippen MR) is 65.0 cm³/mol. The molecule has 1 fully saturated rings. The summed E-state index contributed by atoms with van der Waals surface area (Å²) in [4.78, 5) is 15.2. The maximum Gasteiger partial charge on any atom is 0.245 e. The van der Waals surface area contributed by atoms with Gasteiger partial charge in [0.1, 0.15) is 10.9 Å². The number of amides is 1. The highest BCUT2D eigenvalue weighted by molar-refractivity contribution is 7.89. The van der Waals surface area contributed by atoms with Gasteiger partial charge in [0.2, 0.25) is 15.9 Å². The zero-order chi connectivity index (χ0) is 13.2. The van der Waals surface area contributed by atoms with E-state index in [9.17, 15) is 13.2 Å². The van der Waals surface area contributed by atoms with Crippen molar-refractivity contribution in [2.24, 2.45) is 5.73 Å². The van der Waals surface area contributed by atoms with Crippen LogP contribution < -0.4 is 5.73 Å². The van der Waals surface area contributed by atoms with Crippen molar-refractivity contribution in [2.45, 2.75) is 30.2 Å². The maximum absolute atomic E-state index is 12.4. The van der Waals surface area contributed by atoms with Crippen molar-refractivity contribution < 1.29 is 13.2 Å². The van der Waals surface area contributed by atoms with Gasteiger partial charge in [-0.1, -0.05) is 6.42 Å². The molecule has 1 amide bonds. The number of pyridine rings is 1. The van der Waals surface area contributed by atoms with E-state index < -0.39 is 22.0 Å². The van der Waals surface area contributed by atoms with Gasteiger partial charge in [-0.15, -0.1) is 0 Å². The summed E-state index contributed by atoms with van der Waals surface area (Å²) in [7, 11) is -3.69. The number of piperidine rings is 1. The summed E-state index contributed by atoms with van der Waals surface area (Å²) < 4.78 is 26.0. The smallest absolute Gasteiger partial charge is 0.245 e. The molecule has 98 valence electrons. The van der Waals surface area contributed by atoms with E-state index in [1.165, 1.54) is 22.8 Å². The van der Waals surface area contributed by atoms with Gasteiger partial charge in [0, 0.05) is 18.9 Å². The van der Waals surface area contributed by atoms with E-state index in [-0.39, 0.29) is 4.90 Å². The van der Waals surface area contributed by atoms with Gasteiger partial charge in [0.05, 0.1) is 0 Å². The van der Waals surface area contributed by atoms with Crippen LogP contribution in [0.2, 0.25) is 0 Å². The molecular formula is C11H15N3O3S. The van der Waals surface area contributed by atoms with Crippen molar-refractivity contribution in [3.63, 3.8) is 0 Å². The van der Waals surface area contributed by atoms with Gasteiger partial charge >= 0.3 is 0 Å². The van der Waals surface area contributed by atoms with E-state index in [2.05, 4.69) is 4.98 Å². The van der Waals surface area contributed by atoms with Crippen LogP contribution >= 0.6 is 0 Å². The second-order valence-electron chi connectivity index (χ2n) is 4.22. The number of carbonyl (C=O) groups is 1. The number of sulfonamides is 1. The molecule has 1 atom stereocenters. The lowest BCUT2D eigenvalue weighted by molar-refractivity contribution is -0.122. The van der Waals surface area contributed by atoms with Crippen LogP contribution in [0.1, 0.15) is 19.3 Å². The van der Waals surface area contributed by atoms with Gasteiger partial charge in [-0.2, -0.15) is 4.31 Å². The third-order valence-corrected chi connectivity index (χ3v) is 4.91. The van der Waals surface area contributed by atoms with Gasteiger partial charge in [-0.05, 0) is 25.0 Å². The highest BCUT2D eigenvalue weighted by atomic mass is 32.2. The van der Waals surface area contributed by atoms with E-state index in [1.807, 2.05) is 0 Å². The molecule has 1 aromatic heterocycles. The van der Waals surface area contributed by atoms with Crippen LogP contribution in [0, 0.1) is 0 Å². The molecule has 1 aromatic rings. The van der Waals surface area contributed by atoms with Crippen molar-refractivity contribution in [3.8, 4) is 0 Å². The Labute approximate surface area is 106 Å². The summed E-state index contributed by atoms with van der Waals surface area (Å²) in [6, 6.07) is 2.27. The second kappa shape index (κ2) is 5.03. The number of carbonyl (C=O) groups excluding carboxylic acids is 1. The fourth-order valence-corrected chi connectivity index (χ4v) is 3.74. The Kier molecular flexibility index (Phi) is 3.63. The topological polar surface area (TPSA) is 93.4 Å². The largest absolute Gasteiger partial charge is 0.368 e. The van der Waals surface area contributed by atoms with Crippen molar-refractivity contribution in [3.05, 3.63) is 24.5 Å². The zero-order valence-electron chi connectivity index (χ0n) is 9.82. The van der Waals surface area contributed by atoms with Crippen LogP contribution in [0.5, 0.6) is 0 Å². The van der Waals surface area contributed by atoms with E-state index >= 15 is 0 Å². The molecule has 1 aliphatic rings. The van der Waals surface area contributed by atoms with Crippen LogP contribution in [0.25, 0.3) is 0 Å². The van der Waals surface area contributed by atoms with Crippen molar-refractivity contribution in [2.75, 3.05) is 6.54 Å². The van der Waals surface area contributed by atoms with Crippen LogP contribution in [0.3, 0.4) is 0 Å². The first kappa shape index (κ1) is 13.0. The molecule has 7 heteroatoms. The molecule has 1 saturated heterocycles. The Balaban J connectivity index is 2.36. The number of hydrogen-bond acceptors (Lipinski definition) is 4. The third-order valence-electron chi connectivity index (χ3n) is 3.02. The highest BCUT2D eigenvalue weighted by Crippen LogP contribution is 2.24. The molecule has 0 radical (unpaired) electrons. The molecule has 1 unspecified atom stereocenters. The minimum absolute atomic E-state index is 0.0955. The monoisotopic (exact) mass is 269 g/mol. The Morgan fingerprint density at radius 1 is 1.44 bits per heavy atom. The Morgan fingerprint density at radius 2 is 2.22 bits per heavy atom. The van der Waals surface area contributed by atoms with Gasteiger partial charge in [0.15, 0.2) is 0 Å². The molecule has 2 heterocycles. The molecule has 6 nitrogen and oxygen atoms in total. The van der Waals surface area contributed by atoms with Gasteiger partial charge in [0.25, 0.3) is 0 Å². The molecule has 0 aromatic carbocycles. The fourth-order valence-electron chi connectivity index (χ4n) is 2.11. The number of rotatable bonds is 3. The number of primary amides is 1. The lowest BCUT2D eigenvalue weighted by atomic mass is 10.0. The first-order valence-corrected chi connectivity index (χ1v) is 7.18. The molecule has 2 rings (SSSR count). The van der Waals surface area contributed by atoms with Crippen LogP contribution in [0.15, 0.2) is 29.4 Å². The van der Waals surface area contributed by atoms with Crippen LogP contribution in [-0.2, 0) is 14.8 Å². The molecule has 0 aliphatic carbocycles. The van der Waals surface area contributed by atoms with Gasteiger partial charge in [-0.3, -0.25) is 9.78 Å². The Hall–Kier alpha value is -1.47. The third kappa shape index (κ3) is 2.37. The average molecular weight is 269 g/mol. The molecule has 1 aliphatic heterocycles. The van der Waals surface area contributed by atoms with Crippen LogP contribution in [0.4, 0.5) is 0 Å². The summed E-state index contributed by atoms with van der Waals surface area (Å²) in [6.07, 6.45) is 4.81. The second-order valence-corrected chi connectivity index (χ2v) is 6.11. The molecule has 0 bridgehead atoms.